The lowest BCUT2D eigenvalue weighted by atomic mass is 10.1. The number of aromatic nitrogens is 1. The van der Waals surface area contributed by atoms with Crippen LogP contribution in [0.2, 0.25) is 0 Å². The molecule has 0 N–H and O–H groups in total. The zero-order chi connectivity index (χ0) is 10.7. The lowest BCUT2D eigenvalue weighted by molar-refractivity contribution is 0.145. The average Bonchev–Trinajstić information content (AvgIpc) is 2.16. The van der Waals surface area contributed by atoms with Gasteiger partial charge in [-0.3, -0.25) is 0 Å². The summed E-state index contributed by atoms with van der Waals surface area (Å²) in [6, 6.07) is 2.43. The fraction of sp³-hybridized carbons (Fsp3) is 0.250. The van der Waals surface area contributed by atoms with Crippen LogP contribution in [0.1, 0.15) is 23.2 Å². The van der Waals surface area contributed by atoms with E-state index in [9.17, 15) is 13.2 Å². The summed E-state index contributed by atoms with van der Waals surface area (Å²) < 4.78 is 37.2. The number of nitriles is 1. The van der Waals surface area contributed by atoms with Gasteiger partial charge in [0, 0.05) is 5.56 Å². The molecule has 74 valence electrons. The first-order chi connectivity index (χ1) is 6.60. The molecular formula is C8H4ClF3N2. The van der Waals surface area contributed by atoms with Crippen molar-refractivity contribution in [2.75, 3.05) is 0 Å². The lowest BCUT2D eigenvalue weighted by Gasteiger charge is -2.04. The molecular weight excluding hydrogens is 217 g/mol. The Kier molecular flexibility index (Phi) is 3.31. The maximum atomic E-state index is 12.8. The Hall–Kier alpha value is -1.28. The molecule has 1 aromatic heterocycles. The molecule has 0 bridgehead atoms. The number of hydrogen-bond donors (Lipinski definition) is 0. The molecule has 0 spiro atoms. The minimum atomic E-state index is -2.96. The van der Waals surface area contributed by atoms with Gasteiger partial charge in [0.1, 0.15) is 11.8 Å². The first kappa shape index (κ1) is 10.8. The topological polar surface area (TPSA) is 36.7 Å². The van der Waals surface area contributed by atoms with Gasteiger partial charge in [-0.25, -0.2) is 13.8 Å². The van der Waals surface area contributed by atoms with Crippen LogP contribution in [0, 0.1) is 17.3 Å². The Morgan fingerprint density at radius 2 is 2.21 bits per heavy atom. The summed E-state index contributed by atoms with van der Waals surface area (Å²) in [6.45, 7) is 0. The Balaban J connectivity index is 3.32. The number of rotatable bonds is 2. The molecule has 0 aliphatic carbocycles. The molecule has 0 saturated carbocycles. The monoisotopic (exact) mass is 220 g/mol. The first-order valence-corrected chi connectivity index (χ1v) is 4.07. The van der Waals surface area contributed by atoms with Crippen LogP contribution in [-0.2, 0) is 5.88 Å². The number of halogens is 4. The predicted molar refractivity (Wildman–Crippen MR) is 43.4 cm³/mol. The second-order valence-corrected chi connectivity index (χ2v) is 2.69. The molecule has 6 heteroatoms. The van der Waals surface area contributed by atoms with Crippen LogP contribution in [0.3, 0.4) is 0 Å². The SMILES string of the molecule is N#Cc1nc(F)c(C(F)F)cc1CCl. The molecule has 1 rings (SSSR count). The summed E-state index contributed by atoms with van der Waals surface area (Å²) in [5.74, 6) is -1.49. The summed E-state index contributed by atoms with van der Waals surface area (Å²) in [7, 11) is 0. The second-order valence-electron chi connectivity index (χ2n) is 2.42. The van der Waals surface area contributed by atoms with E-state index in [0.29, 0.717) is 0 Å². The fourth-order valence-electron chi connectivity index (χ4n) is 0.902. The highest BCUT2D eigenvalue weighted by molar-refractivity contribution is 6.17. The van der Waals surface area contributed by atoms with E-state index in [1.54, 1.807) is 6.07 Å². The van der Waals surface area contributed by atoms with Gasteiger partial charge in [-0.15, -0.1) is 11.6 Å². The summed E-state index contributed by atoms with van der Waals surface area (Å²) in [5, 5.41) is 8.48. The van der Waals surface area contributed by atoms with Crippen molar-refractivity contribution in [3.05, 3.63) is 28.8 Å². The molecule has 0 atom stereocenters. The van der Waals surface area contributed by atoms with Gasteiger partial charge in [0.2, 0.25) is 5.95 Å². The molecule has 0 amide bonds. The highest BCUT2D eigenvalue weighted by Gasteiger charge is 2.17. The Morgan fingerprint density at radius 1 is 1.57 bits per heavy atom. The summed E-state index contributed by atoms with van der Waals surface area (Å²) in [5.41, 5.74) is -0.993. The van der Waals surface area contributed by atoms with Crippen LogP contribution >= 0.6 is 11.6 Å². The quantitative estimate of drug-likeness (QED) is 0.568. The van der Waals surface area contributed by atoms with Crippen LogP contribution < -0.4 is 0 Å². The van der Waals surface area contributed by atoms with Gasteiger partial charge >= 0.3 is 0 Å². The molecule has 0 unspecified atom stereocenters. The maximum Gasteiger partial charge on any atom is 0.268 e. The molecule has 1 aromatic rings. The second kappa shape index (κ2) is 4.29. The van der Waals surface area contributed by atoms with Crippen molar-refractivity contribution in [3.63, 3.8) is 0 Å². The van der Waals surface area contributed by atoms with Crippen molar-refractivity contribution in [1.29, 1.82) is 5.26 Å². The smallest absolute Gasteiger partial charge is 0.208 e. The molecule has 0 saturated heterocycles. The summed E-state index contributed by atoms with van der Waals surface area (Å²) >= 11 is 5.38. The number of alkyl halides is 3. The zero-order valence-corrected chi connectivity index (χ0v) is 7.52. The third-order valence-electron chi connectivity index (χ3n) is 1.57. The van der Waals surface area contributed by atoms with E-state index >= 15 is 0 Å². The number of pyridine rings is 1. The molecule has 0 aliphatic heterocycles. The van der Waals surface area contributed by atoms with Gasteiger partial charge in [-0.2, -0.15) is 9.65 Å². The lowest BCUT2D eigenvalue weighted by Crippen LogP contribution is -2.01. The highest BCUT2D eigenvalue weighted by Crippen LogP contribution is 2.23. The van der Waals surface area contributed by atoms with E-state index in [4.69, 9.17) is 16.9 Å². The van der Waals surface area contributed by atoms with E-state index < -0.39 is 17.9 Å². The van der Waals surface area contributed by atoms with Gasteiger partial charge in [0.25, 0.3) is 6.43 Å². The van der Waals surface area contributed by atoms with Gasteiger partial charge in [0.15, 0.2) is 0 Å². The van der Waals surface area contributed by atoms with E-state index in [0.717, 1.165) is 6.07 Å². The van der Waals surface area contributed by atoms with E-state index in [2.05, 4.69) is 4.98 Å². The van der Waals surface area contributed by atoms with Crippen molar-refractivity contribution >= 4 is 11.6 Å². The van der Waals surface area contributed by atoms with E-state index in [-0.39, 0.29) is 17.1 Å². The standard InChI is InChI=1S/C8H4ClF3N2/c9-2-4-1-5(7(10)11)8(12)14-6(4)3-13/h1,7H,2H2. The Morgan fingerprint density at radius 3 is 2.64 bits per heavy atom. The zero-order valence-electron chi connectivity index (χ0n) is 6.77. The average molecular weight is 221 g/mol. The molecule has 0 aromatic carbocycles. The van der Waals surface area contributed by atoms with Crippen LogP contribution in [0.5, 0.6) is 0 Å². The van der Waals surface area contributed by atoms with Crippen LogP contribution in [0.15, 0.2) is 6.07 Å². The van der Waals surface area contributed by atoms with Gasteiger partial charge in [-0.1, -0.05) is 0 Å². The molecule has 0 fully saturated rings. The minimum Gasteiger partial charge on any atom is -0.208 e. The molecule has 0 radical (unpaired) electrons. The molecule has 14 heavy (non-hydrogen) atoms. The van der Waals surface area contributed by atoms with Crippen molar-refractivity contribution in [3.8, 4) is 6.07 Å². The normalized spacial score (nSPS) is 10.3. The maximum absolute atomic E-state index is 12.8. The summed E-state index contributed by atoms with van der Waals surface area (Å²) in [4.78, 5) is 3.09. The van der Waals surface area contributed by atoms with Crippen molar-refractivity contribution in [1.82, 2.24) is 4.98 Å². The van der Waals surface area contributed by atoms with Gasteiger partial charge < -0.3 is 0 Å². The van der Waals surface area contributed by atoms with Crippen molar-refractivity contribution in [2.45, 2.75) is 12.3 Å². The van der Waals surface area contributed by atoms with Gasteiger partial charge in [-0.05, 0) is 6.07 Å². The fourth-order valence-corrected chi connectivity index (χ4v) is 1.11. The van der Waals surface area contributed by atoms with E-state index in [1.807, 2.05) is 0 Å². The Bertz CT molecular complexity index is 386. The van der Waals surface area contributed by atoms with Crippen LogP contribution in [0.4, 0.5) is 13.2 Å². The largest absolute Gasteiger partial charge is 0.268 e. The van der Waals surface area contributed by atoms with Crippen molar-refractivity contribution < 1.29 is 13.2 Å². The number of nitrogens with zero attached hydrogens (tertiary/aromatic N) is 2. The van der Waals surface area contributed by atoms with Crippen LogP contribution in [-0.4, -0.2) is 4.98 Å². The highest BCUT2D eigenvalue weighted by atomic mass is 35.5. The first-order valence-electron chi connectivity index (χ1n) is 3.53. The number of hydrogen-bond acceptors (Lipinski definition) is 2. The Labute approximate surface area is 82.9 Å². The van der Waals surface area contributed by atoms with Gasteiger partial charge in [0.05, 0.1) is 11.4 Å². The van der Waals surface area contributed by atoms with Crippen LogP contribution in [0.25, 0.3) is 0 Å². The third kappa shape index (κ3) is 1.96. The summed E-state index contributed by atoms with van der Waals surface area (Å²) in [6.07, 6.45) is -2.96. The molecule has 1 heterocycles. The van der Waals surface area contributed by atoms with E-state index in [1.165, 1.54) is 0 Å². The predicted octanol–water partition coefficient (Wildman–Crippen LogP) is 2.77. The van der Waals surface area contributed by atoms with Crippen molar-refractivity contribution in [2.24, 2.45) is 0 Å². The third-order valence-corrected chi connectivity index (χ3v) is 1.85. The minimum absolute atomic E-state index is 0.103. The molecule has 0 aliphatic rings. The molecule has 2 nitrogen and oxygen atoms in total.